The van der Waals surface area contributed by atoms with Gasteiger partial charge in [0.1, 0.15) is 5.00 Å². The number of carbonyl (C=O) groups excluding carboxylic acids is 2. The maximum atomic E-state index is 12.8. The average Bonchev–Trinajstić information content (AvgIpc) is 3.32. The monoisotopic (exact) mass is 352 g/mol. The molecule has 25 heavy (non-hydrogen) atoms. The zero-order valence-electron chi connectivity index (χ0n) is 13.4. The van der Waals surface area contributed by atoms with Crippen LogP contribution in [0.5, 0.6) is 0 Å². The van der Waals surface area contributed by atoms with Gasteiger partial charge in [-0.25, -0.2) is 0 Å². The Bertz CT molecular complexity index is 914. The summed E-state index contributed by atoms with van der Waals surface area (Å²) in [7, 11) is 0. The number of fused-ring (bicyclic) bond motifs is 1. The lowest BCUT2D eigenvalue weighted by molar-refractivity contribution is 0.0997. The Labute approximate surface area is 148 Å². The highest BCUT2D eigenvalue weighted by atomic mass is 32.1. The number of hydrogen-bond acceptors (Lipinski definition) is 4. The predicted octanol–water partition coefficient (Wildman–Crippen LogP) is 4.33. The van der Waals surface area contributed by atoms with Gasteiger partial charge in [-0.2, -0.15) is 0 Å². The number of amides is 2. The highest BCUT2D eigenvalue weighted by molar-refractivity contribution is 7.17. The third-order valence-corrected chi connectivity index (χ3v) is 5.36. The molecule has 126 valence electrons. The number of nitrogens with one attached hydrogen (secondary N) is 2. The summed E-state index contributed by atoms with van der Waals surface area (Å²) in [5, 5.41) is 6.33. The van der Waals surface area contributed by atoms with Crippen LogP contribution < -0.4 is 10.6 Å². The molecule has 0 bridgehead atoms. The average molecular weight is 352 g/mol. The molecule has 1 aromatic carbocycles. The van der Waals surface area contributed by atoms with E-state index < -0.39 is 0 Å². The molecule has 0 spiro atoms. The number of carbonyl (C=O) groups is 2. The van der Waals surface area contributed by atoms with E-state index in [2.05, 4.69) is 10.6 Å². The molecule has 2 heterocycles. The Balaban J connectivity index is 1.64. The lowest BCUT2D eigenvalue weighted by atomic mass is 10.1. The first-order valence-corrected chi connectivity index (χ1v) is 8.90. The number of furan rings is 1. The molecule has 0 radical (unpaired) electrons. The lowest BCUT2D eigenvalue weighted by Gasteiger charge is -2.09. The van der Waals surface area contributed by atoms with Crippen molar-refractivity contribution in [3.05, 3.63) is 70.5 Å². The first kappa shape index (κ1) is 15.7. The van der Waals surface area contributed by atoms with Crippen molar-refractivity contribution in [1.29, 1.82) is 0 Å². The largest absolute Gasteiger partial charge is 0.459 e. The predicted molar refractivity (Wildman–Crippen MR) is 97.4 cm³/mol. The summed E-state index contributed by atoms with van der Waals surface area (Å²) in [4.78, 5) is 26.3. The standard InChI is InChI=1S/C19H16N2O3S/c22-17(14-9-5-11-24-14)21-19-16(13-8-4-10-15(13)25-19)18(23)20-12-6-2-1-3-7-12/h1-3,5-7,9,11H,4,8,10H2,(H,20,23)(H,21,22). The van der Waals surface area contributed by atoms with E-state index in [1.807, 2.05) is 30.3 Å². The number of rotatable bonds is 4. The van der Waals surface area contributed by atoms with Crippen molar-refractivity contribution in [3.8, 4) is 0 Å². The topological polar surface area (TPSA) is 71.3 Å². The molecule has 2 amide bonds. The Morgan fingerprint density at radius 3 is 2.56 bits per heavy atom. The van der Waals surface area contributed by atoms with Gasteiger partial charge in [0, 0.05) is 10.6 Å². The van der Waals surface area contributed by atoms with Crippen molar-refractivity contribution in [2.75, 3.05) is 10.6 Å². The molecule has 0 saturated carbocycles. The zero-order valence-corrected chi connectivity index (χ0v) is 14.2. The minimum absolute atomic E-state index is 0.194. The first-order chi connectivity index (χ1) is 12.2. The summed E-state index contributed by atoms with van der Waals surface area (Å²) in [5.41, 5.74) is 2.35. The second kappa shape index (κ2) is 6.57. The highest BCUT2D eigenvalue weighted by Crippen LogP contribution is 2.39. The van der Waals surface area contributed by atoms with E-state index in [9.17, 15) is 9.59 Å². The molecule has 3 aromatic rings. The molecule has 1 aliphatic rings. The number of thiophene rings is 1. The molecule has 0 saturated heterocycles. The van der Waals surface area contributed by atoms with Crippen molar-refractivity contribution in [2.45, 2.75) is 19.3 Å². The molecule has 4 rings (SSSR count). The number of hydrogen-bond donors (Lipinski definition) is 2. The van der Waals surface area contributed by atoms with Crippen LogP contribution in [0.3, 0.4) is 0 Å². The highest BCUT2D eigenvalue weighted by Gasteiger charge is 2.28. The summed E-state index contributed by atoms with van der Waals surface area (Å²) in [5.74, 6) is -0.318. The van der Waals surface area contributed by atoms with Crippen LogP contribution in [0.15, 0.2) is 53.1 Å². The molecule has 0 atom stereocenters. The molecule has 2 N–H and O–H groups in total. The fraction of sp³-hybridized carbons (Fsp3) is 0.158. The summed E-state index contributed by atoms with van der Waals surface area (Å²) in [6, 6.07) is 12.6. The van der Waals surface area contributed by atoms with E-state index in [1.54, 1.807) is 12.1 Å². The summed E-state index contributed by atoms with van der Waals surface area (Å²) in [6.07, 6.45) is 4.30. The van der Waals surface area contributed by atoms with E-state index in [0.29, 0.717) is 10.6 Å². The van der Waals surface area contributed by atoms with E-state index in [-0.39, 0.29) is 17.6 Å². The Kier molecular flexibility index (Phi) is 4.11. The quantitative estimate of drug-likeness (QED) is 0.734. The van der Waals surface area contributed by atoms with Gasteiger partial charge >= 0.3 is 0 Å². The third-order valence-electron chi connectivity index (χ3n) is 4.15. The zero-order chi connectivity index (χ0) is 17.2. The van der Waals surface area contributed by atoms with Gasteiger partial charge in [0.15, 0.2) is 5.76 Å². The van der Waals surface area contributed by atoms with Crippen LogP contribution in [0.2, 0.25) is 0 Å². The Morgan fingerprint density at radius 1 is 0.960 bits per heavy atom. The Hall–Kier alpha value is -2.86. The molecule has 0 fully saturated rings. The molecule has 6 heteroatoms. The number of anilines is 2. The van der Waals surface area contributed by atoms with Crippen LogP contribution in [0, 0.1) is 0 Å². The maximum absolute atomic E-state index is 12.8. The molecule has 5 nitrogen and oxygen atoms in total. The summed E-state index contributed by atoms with van der Waals surface area (Å²) >= 11 is 1.48. The second-order valence-electron chi connectivity index (χ2n) is 5.81. The molecular weight excluding hydrogens is 336 g/mol. The van der Waals surface area contributed by atoms with Gasteiger partial charge in [-0.15, -0.1) is 11.3 Å². The van der Waals surface area contributed by atoms with E-state index >= 15 is 0 Å². The lowest BCUT2D eigenvalue weighted by Crippen LogP contribution is -2.17. The molecular formula is C19H16N2O3S. The van der Waals surface area contributed by atoms with Crippen molar-refractivity contribution in [2.24, 2.45) is 0 Å². The van der Waals surface area contributed by atoms with E-state index in [4.69, 9.17) is 4.42 Å². The smallest absolute Gasteiger partial charge is 0.291 e. The van der Waals surface area contributed by atoms with Crippen LogP contribution in [0.25, 0.3) is 0 Å². The van der Waals surface area contributed by atoms with Gasteiger partial charge in [0.25, 0.3) is 11.8 Å². The molecule has 1 aliphatic carbocycles. The second-order valence-corrected chi connectivity index (χ2v) is 6.92. The van der Waals surface area contributed by atoms with Crippen LogP contribution in [0.4, 0.5) is 10.7 Å². The first-order valence-electron chi connectivity index (χ1n) is 8.08. The normalized spacial score (nSPS) is 12.6. The van der Waals surface area contributed by atoms with Crippen LogP contribution in [0.1, 0.15) is 37.8 Å². The van der Waals surface area contributed by atoms with Gasteiger partial charge < -0.3 is 15.1 Å². The van der Waals surface area contributed by atoms with Crippen LogP contribution >= 0.6 is 11.3 Å². The van der Waals surface area contributed by atoms with Crippen molar-refractivity contribution in [1.82, 2.24) is 0 Å². The minimum atomic E-state index is -0.348. The van der Waals surface area contributed by atoms with Crippen molar-refractivity contribution < 1.29 is 14.0 Å². The number of benzene rings is 1. The number of para-hydroxylation sites is 1. The van der Waals surface area contributed by atoms with E-state index in [1.165, 1.54) is 22.5 Å². The maximum Gasteiger partial charge on any atom is 0.291 e. The third kappa shape index (κ3) is 3.08. The molecule has 2 aromatic heterocycles. The van der Waals surface area contributed by atoms with Gasteiger partial charge in [-0.1, -0.05) is 18.2 Å². The van der Waals surface area contributed by atoms with Crippen LogP contribution in [-0.2, 0) is 12.8 Å². The van der Waals surface area contributed by atoms with Crippen molar-refractivity contribution >= 4 is 33.8 Å². The van der Waals surface area contributed by atoms with Gasteiger partial charge in [0.05, 0.1) is 11.8 Å². The molecule has 0 unspecified atom stereocenters. The van der Waals surface area contributed by atoms with Crippen molar-refractivity contribution in [3.63, 3.8) is 0 Å². The fourth-order valence-electron chi connectivity index (χ4n) is 3.02. The fourth-order valence-corrected chi connectivity index (χ4v) is 4.30. The SMILES string of the molecule is O=C(Nc1sc2c(c1C(=O)Nc1ccccc1)CCC2)c1ccco1. The summed E-state index contributed by atoms with van der Waals surface area (Å²) in [6.45, 7) is 0. The van der Waals surface area contributed by atoms with Gasteiger partial charge in [0.2, 0.25) is 0 Å². The van der Waals surface area contributed by atoms with E-state index in [0.717, 1.165) is 30.5 Å². The Morgan fingerprint density at radius 2 is 1.80 bits per heavy atom. The summed E-state index contributed by atoms with van der Waals surface area (Å²) < 4.78 is 5.13. The molecule has 0 aliphatic heterocycles. The van der Waals surface area contributed by atoms with Gasteiger partial charge in [-0.05, 0) is 49.1 Å². The van der Waals surface area contributed by atoms with Gasteiger partial charge in [-0.3, -0.25) is 9.59 Å². The van der Waals surface area contributed by atoms with Crippen LogP contribution in [-0.4, -0.2) is 11.8 Å². The minimum Gasteiger partial charge on any atom is -0.459 e. The number of aryl methyl sites for hydroxylation is 1.